The van der Waals surface area contributed by atoms with Crippen molar-refractivity contribution in [3.05, 3.63) is 35.9 Å². The van der Waals surface area contributed by atoms with Crippen molar-refractivity contribution in [3.8, 4) is 0 Å². The second kappa shape index (κ2) is 3.03. The topological polar surface area (TPSA) is 46.2 Å². The zero-order valence-corrected chi connectivity index (χ0v) is 6.62. The molecule has 60 valence electrons. The van der Waals surface area contributed by atoms with E-state index in [0.29, 0.717) is 0 Å². The van der Waals surface area contributed by atoms with Crippen molar-refractivity contribution < 1.29 is 5.11 Å². The second-order valence-electron chi connectivity index (χ2n) is 2.84. The number of benzene rings is 1. The Kier molecular flexibility index (Phi) is 2.27. The zero-order chi connectivity index (χ0) is 8.32. The highest BCUT2D eigenvalue weighted by Gasteiger charge is 2.19. The van der Waals surface area contributed by atoms with E-state index in [1.54, 1.807) is 6.92 Å². The lowest BCUT2D eigenvalue weighted by atomic mass is 9.97. The van der Waals surface area contributed by atoms with Gasteiger partial charge >= 0.3 is 0 Å². The van der Waals surface area contributed by atoms with E-state index in [1.165, 1.54) is 0 Å². The summed E-state index contributed by atoms with van der Waals surface area (Å²) < 4.78 is 0. The summed E-state index contributed by atoms with van der Waals surface area (Å²) in [5.41, 5.74) is 5.36. The SMILES string of the molecule is C[C@](O)(CN)c1ccccc1. The van der Waals surface area contributed by atoms with E-state index in [0.717, 1.165) is 5.56 Å². The molecule has 0 bridgehead atoms. The van der Waals surface area contributed by atoms with Crippen LogP contribution in [0.25, 0.3) is 0 Å². The van der Waals surface area contributed by atoms with Crippen LogP contribution in [0.2, 0.25) is 0 Å². The fourth-order valence-electron chi connectivity index (χ4n) is 0.915. The third-order valence-electron chi connectivity index (χ3n) is 1.79. The Balaban J connectivity index is 2.93. The van der Waals surface area contributed by atoms with Crippen LogP contribution in [0.3, 0.4) is 0 Å². The first-order valence-electron chi connectivity index (χ1n) is 3.65. The minimum absolute atomic E-state index is 0.247. The number of rotatable bonds is 2. The fraction of sp³-hybridized carbons (Fsp3) is 0.333. The average Bonchev–Trinajstić information content (AvgIpc) is 2.06. The first-order valence-corrected chi connectivity index (χ1v) is 3.65. The first kappa shape index (κ1) is 8.24. The Morgan fingerprint density at radius 3 is 2.36 bits per heavy atom. The molecule has 0 saturated heterocycles. The van der Waals surface area contributed by atoms with Crippen molar-refractivity contribution in [1.82, 2.24) is 0 Å². The van der Waals surface area contributed by atoms with E-state index >= 15 is 0 Å². The summed E-state index contributed by atoms with van der Waals surface area (Å²) in [5.74, 6) is 0. The summed E-state index contributed by atoms with van der Waals surface area (Å²) in [5, 5.41) is 9.67. The monoisotopic (exact) mass is 151 g/mol. The Bertz CT molecular complexity index is 218. The molecular formula is C9H13NO. The van der Waals surface area contributed by atoms with Gasteiger partial charge < -0.3 is 10.8 Å². The number of aliphatic hydroxyl groups is 1. The van der Waals surface area contributed by atoms with E-state index in [9.17, 15) is 5.11 Å². The quantitative estimate of drug-likeness (QED) is 0.658. The van der Waals surface area contributed by atoms with Gasteiger partial charge in [0.05, 0.1) is 5.60 Å². The molecular weight excluding hydrogens is 138 g/mol. The molecule has 0 aliphatic rings. The van der Waals surface area contributed by atoms with Crippen LogP contribution in [0.1, 0.15) is 12.5 Å². The van der Waals surface area contributed by atoms with Crippen LogP contribution in [0.4, 0.5) is 0 Å². The molecule has 1 atom stereocenters. The molecule has 3 N–H and O–H groups in total. The van der Waals surface area contributed by atoms with E-state index in [2.05, 4.69) is 0 Å². The van der Waals surface area contributed by atoms with Crippen molar-refractivity contribution in [2.45, 2.75) is 12.5 Å². The number of nitrogens with two attached hydrogens (primary N) is 1. The maximum Gasteiger partial charge on any atom is 0.0990 e. The molecule has 0 amide bonds. The lowest BCUT2D eigenvalue weighted by Gasteiger charge is -2.20. The Morgan fingerprint density at radius 2 is 1.91 bits per heavy atom. The van der Waals surface area contributed by atoms with Gasteiger partial charge in [0.25, 0.3) is 0 Å². The molecule has 1 aromatic carbocycles. The smallest absolute Gasteiger partial charge is 0.0990 e. The lowest BCUT2D eigenvalue weighted by Crippen LogP contribution is -2.31. The summed E-state index contributed by atoms with van der Waals surface area (Å²) >= 11 is 0. The molecule has 0 heterocycles. The zero-order valence-electron chi connectivity index (χ0n) is 6.62. The Hall–Kier alpha value is -0.860. The molecule has 11 heavy (non-hydrogen) atoms. The van der Waals surface area contributed by atoms with E-state index in [-0.39, 0.29) is 6.54 Å². The Morgan fingerprint density at radius 1 is 1.36 bits per heavy atom. The highest BCUT2D eigenvalue weighted by molar-refractivity contribution is 5.21. The maximum atomic E-state index is 9.67. The predicted molar refractivity (Wildman–Crippen MR) is 45.1 cm³/mol. The van der Waals surface area contributed by atoms with Crippen molar-refractivity contribution in [2.24, 2.45) is 5.73 Å². The van der Waals surface area contributed by atoms with E-state index in [1.807, 2.05) is 30.3 Å². The van der Waals surface area contributed by atoms with Crippen LogP contribution in [0, 0.1) is 0 Å². The summed E-state index contributed by atoms with van der Waals surface area (Å²) in [6, 6.07) is 9.43. The predicted octanol–water partition coefficient (Wildman–Crippen LogP) is 0.853. The van der Waals surface area contributed by atoms with Crippen LogP contribution >= 0.6 is 0 Å². The van der Waals surface area contributed by atoms with Crippen LogP contribution in [-0.2, 0) is 5.60 Å². The summed E-state index contributed by atoms with van der Waals surface area (Å²) in [6.45, 7) is 1.96. The van der Waals surface area contributed by atoms with Gasteiger partial charge in [-0.3, -0.25) is 0 Å². The Labute approximate surface area is 66.7 Å². The minimum atomic E-state index is -0.888. The van der Waals surface area contributed by atoms with Crippen LogP contribution in [0.5, 0.6) is 0 Å². The molecule has 0 aliphatic carbocycles. The maximum absolute atomic E-state index is 9.67. The van der Waals surface area contributed by atoms with Gasteiger partial charge in [0.1, 0.15) is 0 Å². The highest BCUT2D eigenvalue weighted by atomic mass is 16.3. The largest absolute Gasteiger partial charge is 0.384 e. The second-order valence-corrected chi connectivity index (χ2v) is 2.84. The molecule has 1 aromatic rings. The molecule has 0 spiro atoms. The summed E-state index contributed by atoms with van der Waals surface area (Å²) in [6.07, 6.45) is 0. The van der Waals surface area contributed by atoms with Gasteiger partial charge in [-0.15, -0.1) is 0 Å². The third-order valence-corrected chi connectivity index (χ3v) is 1.79. The van der Waals surface area contributed by atoms with Crippen LogP contribution < -0.4 is 5.73 Å². The molecule has 0 saturated carbocycles. The molecule has 0 aromatic heterocycles. The molecule has 2 nitrogen and oxygen atoms in total. The van der Waals surface area contributed by atoms with Gasteiger partial charge in [-0.25, -0.2) is 0 Å². The van der Waals surface area contributed by atoms with Gasteiger partial charge in [-0.2, -0.15) is 0 Å². The summed E-state index contributed by atoms with van der Waals surface area (Å²) in [7, 11) is 0. The molecule has 0 unspecified atom stereocenters. The van der Waals surface area contributed by atoms with Gasteiger partial charge in [0.2, 0.25) is 0 Å². The molecule has 1 rings (SSSR count). The average molecular weight is 151 g/mol. The van der Waals surface area contributed by atoms with Crippen molar-refractivity contribution >= 4 is 0 Å². The van der Waals surface area contributed by atoms with Crippen molar-refractivity contribution in [1.29, 1.82) is 0 Å². The van der Waals surface area contributed by atoms with Crippen LogP contribution in [0.15, 0.2) is 30.3 Å². The molecule has 0 radical (unpaired) electrons. The normalized spacial score (nSPS) is 15.9. The fourth-order valence-corrected chi connectivity index (χ4v) is 0.915. The van der Waals surface area contributed by atoms with Crippen LogP contribution in [-0.4, -0.2) is 11.7 Å². The van der Waals surface area contributed by atoms with Crippen molar-refractivity contribution in [3.63, 3.8) is 0 Å². The van der Waals surface area contributed by atoms with E-state index < -0.39 is 5.60 Å². The molecule has 2 heteroatoms. The molecule has 0 fully saturated rings. The van der Waals surface area contributed by atoms with Gasteiger partial charge in [-0.05, 0) is 12.5 Å². The number of hydrogen-bond donors (Lipinski definition) is 2. The number of hydrogen-bond acceptors (Lipinski definition) is 2. The standard InChI is InChI=1S/C9H13NO/c1-9(11,7-10)8-5-3-2-4-6-8/h2-6,11H,7,10H2,1H3/t9-/m0/s1. The van der Waals surface area contributed by atoms with Gasteiger partial charge in [0.15, 0.2) is 0 Å². The van der Waals surface area contributed by atoms with E-state index in [4.69, 9.17) is 5.73 Å². The summed E-state index contributed by atoms with van der Waals surface area (Å²) in [4.78, 5) is 0. The van der Waals surface area contributed by atoms with Gasteiger partial charge in [0, 0.05) is 6.54 Å². The molecule has 0 aliphatic heterocycles. The first-order chi connectivity index (χ1) is 5.17. The highest BCUT2D eigenvalue weighted by Crippen LogP contribution is 2.17. The minimum Gasteiger partial charge on any atom is -0.384 e. The third kappa shape index (κ3) is 1.79. The lowest BCUT2D eigenvalue weighted by molar-refractivity contribution is 0.0668. The van der Waals surface area contributed by atoms with Gasteiger partial charge in [-0.1, -0.05) is 30.3 Å². The van der Waals surface area contributed by atoms with Crippen molar-refractivity contribution in [2.75, 3.05) is 6.54 Å².